The second-order valence-corrected chi connectivity index (χ2v) is 5.89. The van der Waals surface area contributed by atoms with E-state index in [1.54, 1.807) is 16.0 Å². The largest absolute Gasteiger partial charge is 0.444 e. The van der Waals surface area contributed by atoms with Crippen molar-refractivity contribution >= 4 is 11.8 Å². The molecule has 22 heavy (non-hydrogen) atoms. The van der Waals surface area contributed by atoms with Crippen molar-refractivity contribution in [1.29, 1.82) is 0 Å². The maximum atomic E-state index is 12.0. The minimum absolute atomic E-state index is 0.00389. The van der Waals surface area contributed by atoms with Crippen molar-refractivity contribution in [3.05, 3.63) is 30.5 Å². The van der Waals surface area contributed by atoms with Crippen LogP contribution in [0.25, 0.3) is 0 Å². The number of hydrogen-bond donors (Lipinski definition) is 0. The van der Waals surface area contributed by atoms with E-state index in [1.165, 1.54) is 13.0 Å². The Kier molecular flexibility index (Phi) is 5.00. The summed E-state index contributed by atoms with van der Waals surface area (Å²) >= 11 is 0. The summed E-state index contributed by atoms with van der Waals surface area (Å²) in [4.78, 5) is 31.3. The standard InChI is InChI=1S/C16H23N3O3/c1-5-16(21)18-7-6-13(9-18)19(12(4)20)10-15-17-8-14(22-15)11(2)3/h5,8,11,13H,1,6-7,9-10H2,2-4H3. The molecule has 0 aromatic carbocycles. The lowest BCUT2D eigenvalue weighted by Crippen LogP contribution is -2.41. The molecular weight excluding hydrogens is 282 g/mol. The highest BCUT2D eigenvalue weighted by atomic mass is 16.4. The molecule has 0 radical (unpaired) electrons. The number of aromatic nitrogens is 1. The Balaban J connectivity index is 2.05. The number of rotatable bonds is 5. The van der Waals surface area contributed by atoms with Crippen molar-refractivity contribution < 1.29 is 14.0 Å². The molecule has 0 aliphatic carbocycles. The zero-order valence-corrected chi connectivity index (χ0v) is 13.4. The fourth-order valence-electron chi connectivity index (χ4n) is 2.63. The highest BCUT2D eigenvalue weighted by Gasteiger charge is 2.31. The maximum Gasteiger partial charge on any atom is 0.246 e. The number of likely N-dealkylation sites (tertiary alicyclic amines) is 1. The predicted molar refractivity (Wildman–Crippen MR) is 82.0 cm³/mol. The van der Waals surface area contributed by atoms with Crippen molar-refractivity contribution in [2.24, 2.45) is 0 Å². The van der Waals surface area contributed by atoms with Crippen LogP contribution < -0.4 is 0 Å². The van der Waals surface area contributed by atoms with Crippen LogP contribution in [-0.2, 0) is 16.1 Å². The lowest BCUT2D eigenvalue weighted by atomic mass is 10.2. The molecule has 1 aliphatic heterocycles. The van der Waals surface area contributed by atoms with E-state index in [0.717, 1.165) is 12.2 Å². The third-order valence-corrected chi connectivity index (χ3v) is 3.94. The first-order valence-corrected chi connectivity index (χ1v) is 7.55. The molecule has 1 saturated heterocycles. The van der Waals surface area contributed by atoms with Crippen molar-refractivity contribution in [1.82, 2.24) is 14.8 Å². The van der Waals surface area contributed by atoms with Gasteiger partial charge in [-0.15, -0.1) is 0 Å². The van der Waals surface area contributed by atoms with Gasteiger partial charge < -0.3 is 14.2 Å². The highest BCUT2D eigenvalue weighted by Crippen LogP contribution is 2.21. The van der Waals surface area contributed by atoms with E-state index in [9.17, 15) is 9.59 Å². The second kappa shape index (κ2) is 6.77. The number of amides is 2. The number of nitrogens with zero attached hydrogens (tertiary/aromatic N) is 3. The Bertz CT molecular complexity index is 565. The summed E-state index contributed by atoms with van der Waals surface area (Å²) in [5.41, 5.74) is 0. The SMILES string of the molecule is C=CC(=O)N1CCC(N(Cc2ncc(C(C)C)o2)C(C)=O)C1. The van der Waals surface area contributed by atoms with Gasteiger partial charge in [-0.3, -0.25) is 9.59 Å². The molecule has 6 heteroatoms. The zero-order chi connectivity index (χ0) is 16.3. The quantitative estimate of drug-likeness (QED) is 0.780. The van der Waals surface area contributed by atoms with Crippen LogP contribution in [0.1, 0.15) is 44.8 Å². The Hall–Kier alpha value is -2.11. The topological polar surface area (TPSA) is 66.7 Å². The monoisotopic (exact) mass is 305 g/mol. The van der Waals surface area contributed by atoms with Crippen molar-refractivity contribution in [2.45, 2.75) is 45.7 Å². The summed E-state index contributed by atoms with van der Waals surface area (Å²) in [6.07, 6.45) is 3.78. The van der Waals surface area contributed by atoms with Gasteiger partial charge in [0.25, 0.3) is 0 Å². The van der Waals surface area contributed by atoms with Gasteiger partial charge in [0.1, 0.15) is 5.76 Å². The number of carbonyl (C=O) groups is 2. The van der Waals surface area contributed by atoms with Crippen LogP contribution in [0.15, 0.2) is 23.3 Å². The van der Waals surface area contributed by atoms with E-state index in [-0.39, 0.29) is 23.8 Å². The van der Waals surface area contributed by atoms with Gasteiger partial charge in [0.2, 0.25) is 17.7 Å². The number of oxazole rings is 1. The fourth-order valence-corrected chi connectivity index (χ4v) is 2.63. The Labute approximate surface area is 130 Å². The van der Waals surface area contributed by atoms with Gasteiger partial charge in [-0.1, -0.05) is 20.4 Å². The predicted octanol–water partition coefficient (Wildman–Crippen LogP) is 1.93. The van der Waals surface area contributed by atoms with Gasteiger partial charge in [0.15, 0.2) is 0 Å². The molecule has 1 atom stereocenters. The third kappa shape index (κ3) is 3.55. The average Bonchev–Trinajstić information content (AvgIpc) is 3.12. The Morgan fingerprint density at radius 3 is 2.86 bits per heavy atom. The smallest absolute Gasteiger partial charge is 0.246 e. The summed E-state index contributed by atoms with van der Waals surface area (Å²) in [5, 5.41) is 0. The minimum Gasteiger partial charge on any atom is -0.444 e. The van der Waals surface area contributed by atoms with Gasteiger partial charge in [-0.2, -0.15) is 0 Å². The zero-order valence-electron chi connectivity index (χ0n) is 13.4. The number of carbonyl (C=O) groups excluding carboxylic acids is 2. The summed E-state index contributed by atoms with van der Waals surface area (Å²) in [7, 11) is 0. The Morgan fingerprint density at radius 1 is 1.59 bits per heavy atom. The highest BCUT2D eigenvalue weighted by molar-refractivity contribution is 5.87. The summed E-state index contributed by atoms with van der Waals surface area (Å²) in [5.74, 6) is 1.48. The summed E-state index contributed by atoms with van der Waals surface area (Å²) in [6.45, 7) is 10.6. The van der Waals surface area contributed by atoms with Gasteiger partial charge in [0, 0.05) is 25.9 Å². The van der Waals surface area contributed by atoms with Gasteiger partial charge in [-0.25, -0.2) is 4.98 Å². The molecule has 6 nitrogen and oxygen atoms in total. The average molecular weight is 305 g/mol. The van der Waals surface area contributed by atoms with Crippen LogP contribution in [0.5, 0.6) is 0 Å². The van der Waals surface area contributed by atoms with E-state index in [1.807, 2.05) is 13.8 Å². The van der Waals surface area contributed by atoms with Gasteiger partial charge in [-0.05, 0) is 12.5 Å². The number of hydrogen-bond acceptors (Lipinski definition) is 4. The van der Waals surface area contributed by atoms with Crippen molar-refractivity contribution in [3.8, 4) is 0 Å². The molecule has 1 aromatic rings. The molecule has 2 amide bonds. The molecule has 2 heterocycles. The van der Waals surface area contributed by atoms with E-state index < -0.39 is 0 Å². The summed E-state index contributed by atoms with van der Waals surface area (Å²) < 4.78 is 5.68. The molecule has 0 N–H and O–H groups in total. The first kappa shape index (κ1) is 16.3. The first-order valence-electron chi connectivity index (χ1n) is 7.55. The van der Waals surface area contributed by atoms with Gasteiger partial charge >= 0.3 is 0 Å². The molecule has 1 fully saturated rings. The van der Waals surface area contributed by atoms with Crippen LogP contribution >= 0.6 is 0 Å². The van der Waals surface area contributed by atoms with Crippen LogP contribution in [0, 0.1) is 0 Å². The molecule has 0 bridgehead atoms. The molecule has 2 rings (SSSR count). The normalized spacial score (nSPS) is 17.8. The molecule has 120 valence electrons. The molecule has 0 spiro atoms. The lowest BCUT2D eigenvalue weighted by molar-refractivity contribution is -0.133. The minimum atomic E-state index is -0.0933. The molecule has 1 aromatic heterocycles. The molecule has 1 unspecified atom stereocenters. The van der Waals surface area contributed by atoms with E-state index in [4.69, 9.17) is 4.42 Å². The first-order chi connectivity index (χ1) is 10.4. The third-order valence-electron chi connectivity index (χ3n) is 3.94. The fraction of sp³-hybridized carbons (Fsp3) is 0.562. The van der Waals surface area contributed by atoms with E-state index in [2.05, 4.69) is 11.6 Å². The molecular formula is C16H23N3O3. The van der Waals surface area contributed by atoms with Crippen LogP contribution in [0.4, 0.5) is 0 Å². The van der Waals surface area contributed by atoms with Crippen LogP contribution in [0.3, 0.4) is 0 Å². The summed E-state index contributed by atoms with van der Waals surface area (Å²) in [6, 6.07) is -0.00389. The second-order valence-electron chi connectivity index (χ2n) is 5.89. The van der Waals surface area contributed by atoms with E-state index >= 15 is 0 Å². The molecule has 0 saturated carbocycles. The van der Waals surface area contributed by atoms with E-state index in [0.29, 0.717) is 25.5 Å². The Morgan fingerprint density at radius 2 is 2.32 bits per heavy atom. The van der Waals surface area contributed by atoms with Gasteiger partial charge in [0.05, 0.1) is 18.8 Å². The lowest BCUT2D eigenvalue weighted by Gasteiger charge is -2.26. The maximum absolute atomic E-state index is 12.0. The van der Waals surface area contributed by atoms with Crippen LogP contribution in [-0.4, -0.2) is 45.7 Å². The van der Waals surface area contributed by atoms with Crippen molar-refractivity contribution in [2.75, 3.05) is 13.1 Å². The molecule has 1 aliphatic rings. The van der Waals surface area contributed by atoms with Crippen molar-refractivity contribution in [3.63, 3.8) is 0 Å². The van der Waals surface area contributed by atoms with Crippen LogP contribution in [0.2, 0.25) is 0 Å².